The summed E-state index contributed by atoms with van der Waals surface area (Å²) in [4.78, 5) is 24.3. The van der Waals surface area contributed by atoms with Gasteiger partial charge in [0.2, 0.25) is 0 Å². The van der Waals surface area contributed by atoms with E-state index in [9.17, 15) is 20.0 Å². The first-order chi connectivity index (χ1) is 10.1. The largest absolute Gasteiger partial charge is 0.508 e. The van der Waals surface area contributed by atoms with Crippen LogP contribution in [0, 0.1) is 10.1 Å². The summed E-state index contributed by atoms with van der Waals surface area (Å²) >= 11 is 0. The molecule has 1 aliphatic rings. The lowest BCUT2D eigenvalue weighted by Gasteiger charge is -2.27. The van der Waals surface area contributed by atoms with Crippen LogP contribution in [0.1, 0.15) is 16.2 Å². The quantitative estimate of drug-likeness (QED) is 0.637. The molecule has 0 spiro atoms. The van der Waals surface area contributed by atoms with Crippen LogP contribution >= 0.6 is 0 Å². The predicted octanol–water partition coefficient (Wildman–Crippen LogP) is 0.548. The predicted molar refractivity (Wildman–Crippen MR) is 69.5 cm³/mol. The van der Waals surface area contributed by atoms with Crippen molar-refractivity contribution < 1.29 is 14.8 Å². The molecule has 0 aliphatic carbocycles. The van der Waals surface area contributed by atoms with E-state index in [1.54, 1.807) is 6.33 Å². The molecule has 9 heteroatoms. The van der Waals surface area contributed by atoms with Crippen LogP contribution in [0.4, 0.5) is 5.69 Å². The van der Waals surface area contributed by atoms with E-state index in [1.807, 2.05) is 4.57 Å². The minimum Gasteiger partial charge on any atom is -0.508 e. The van der Waals surface area contributed by atoms with Gasteiger partial charge < -0.3 is 14.6 Å². The Balaban J connectivity index is 1.93. The van der Waals surface area contributed by atoms with Crippen molar-refractivity contribution >= 4 is 11.6 Å². The number of phenolic OH excluding ortho intramolecular Hbond substituents is 1. The van der Waals surface area contributed by atoms with Gasteiger partial charge in [-0.1, -0.05) is 0 Å². The molecule has 0 saturated carbocycles. The number of nitro benzene ring substituents is 1. The molecule has 1 N–H and O–H groups in total. The molecule has 2 aromatic rings. The van der Waals surface area contributed by atoms with Gasteiger partial charge in [0.15, 0.2) is 5.82 Å². The van der Waals surface area contributed by atoms with Crippen molar-refractivity contribution in [3.63, 3.8) is 0 Å². The Morgan fingerprint density at radius 1 is 1.38 bits per heavy atom. The lowest BCUT2D eigenvalue weighted by molar-refractivity contribution is -0.385. The van der Waals surface area contributed by atoms with Crippen LogP contribution in [0.25, 0.3) is 0 Å². The maximum Gasteiger partial charge on any atom is 0.282 e. The molecule has 9 nitrogen and oxygen atoms in total. The summed E-state index contributed by atoms with van der Waals surface area (Å²) in [6, 6.07) is 3.41. The second-order valence-corrected chi connectivity index (χ2v) is 4.63. The Bertz CT molecular complexity index is 726. The number of nitrogens with zero attached hydrogens (tertiary/aromatic N) is 5. The fraction of sp³-hybridized carbons (Fsp3) is 0.250. The molecule has 0 radical (unpaired) electrons. The summed E-state index contributed by atoms with van der Waals surface area (Å²) in [7, 11) is 0. The number of amides is 1. The van der Waals surface area contributed by atoms with Gasteiger partial charge in [-0.2, -0.15) is 0 Å². The van der Waals surface area contributed by atoms with E-state index in [0.29, 0.717) is 18.9 Å². The number of carbonyl (C=O) groups is 1. The second-order valence-electron chi connectivity index (χ2n) is 4.63. The molecule has 0 saturated heterocycles. The number of nitro groups is 1. The van der Waals surface area contributed by atoms with Crippen LogP contribution in [-0.2, 0) is 13.1 Å². The highest BCUT2D eigenvalue weighted by Crippen LogP contribution is 2.25. The van der Waals surface area contributed by atoms with Gasteiger partial charge in [0.05, 0.1) is 11.5 Å². The maximum atomic E-state index is 12.5. The average Bonchev–Trinajstić information content (AvgIpc) is 2.93. The number of aromatic hydroxyl groups is 1. The van der Waals surface area contributed by atoms with Gasteiger partial charge in [-0.25, -0.2) is 0 Å². The van der Waals surface area contributed by atoms with Crippen molar-refractivity contribution in [1.82, 2.24) is 19.7 Å². The molecule has 3 rings (SSSR count). The van der Waals surface area contributed by atoms with Gasteiger partial charge >= 0.3 is 0 Å². The number of hydrogen-bond donors (Lipinski definition) is 1. The SMILES string of the molecule is O=C(c1cc(O)ccc1[N+](=O)[O-])N1CCn2cnnc2C1. The molecule has 0 unspecified atom stereocenters. The molecule has 1 amide bonds. The first-order valence-corrected chi connectivity index (χ1v) is 6.19. The van der Waals surface area contributed by atoms with Gasteiger partial charge in [-0.3, -0.25) is 14.9 Å². The number of carbonyl (C=O) groups excluding carboxylic acids is 1. The molecule has 2 heterocycles. The molecule has 0 bridgehead atoms. The molecule has 1 aromatic heterocycles. The average molecular weight is 289 g/mol. The van der Waals surface area contributed by atoms with Crippen LogP contribution < -0.4 is 0 Å². The van der Waals surface area contributed by atoms with Gasteiger partial charge in [0.1, 0.15) is 17.6 Å². The Morgan fingerprint density at radius 2 is 2.19 bits per heavy atom. The Labute approximate surface area is 118 Å². The fourth-order valence-electron chi connectivity index (χ4n) is 2.26. The normalized spacial score (nSPS) is 13.8. The van der Waals surface area contributed by atoms with E-state index in [0.717, 1.165) is 12.1 Å². The zero-order valence-electron chi connectivity index (χ0n) is 10.8. The molecule has 1 aromatic carbocycles. The first-order valence-electron chi connectivity index (χ1n) is 6.19. The van der Waals surface area contributed by atoms with Crippen molar-refractivity contribution in [3.8, 4) is 5.75 Å². The highest BCUT2D eigenvalue weighted by atomic mass is 16.6. The third kappa shape index (κ3) is 2.29. The van der Waals surface area contributed by atoms with E-state index in [4.69, 9.17) is 0 Å². The van der Waals surface area contributed by atoms with Crippen LogP contribution in [0.3, 0.4) is 0 Å². The van der Waals surface area contributed by atoms with Gasteiger partial charge in [-0.05, 0) is 12.1 Å². The monoisotopic (exact) mass is 289 g/mol. The summed E-state index contributed by atoms with van der Waals surface area (Å²) in [6.45, 7) is 1.16. The van der Waals surface area contributed by atoms with Crippen LogP contribution in [-0.4, -0.2) is 42.1 Å². The van der Waals surface area contributed by atoms with E-state index in [-0.39, 0.29) is 23.5 Å². The highest BCUT2D eigenvalue weighted by Gasteiger charge is 2.28. The number of hydrogen-bond acceptors (Lipinski definition) is 6. The van der Waals surface area contributed by atoms with Crippen LogP contribution in [0.5, 0.6) is 5.75 Å². The van der Waals surface area contributed by atoms with Crippen LogP contribution in [0.15, 0.2) is 24.5 Å². The number of fused-ring (bicyclic) bond motifs is 1. The van der Waals surface area contributed by atoms with Crippen molar-refractivity contribution in [2.45, 2.75) is 13.1 Å². The standard InChI is InChI=1S/C12H11N5O4/c18-8-1-2-10(17(20)21)9(5-8)12(19)15-3-4-16-7-13-14-11(16)6-15/h1-2,5,7,18H,3-4,6H2. The lowest BCUT2D eigenvalue weighted by Crippen LogP contribution is -2.38. The summed E-state index contributed by atoms with van der Waals surface area (Å²) in [5, 5.41) is 28.1. The summed E-state index contributed by atoms with van der Waals surface area (Å²) in [5.74, 6) is -0.0756. The van der Waals surface area contributed by atoms with Crippen molar-refractivity contribution in [1.29, 1.82) is 0 Å². The Kier molecular flexibility index (Phi) is 3.01. The second kappa shape index (κ2) is 4.85. The zero-order chi connectivity index (χ0) is 15.0. The van der Waals surface area contributed by atoms with E-state index < -0.39 is 10.8 Å². The Morgan fingerprint density at radius 3 is 2.95 bits per heavy atom. The zero-order valence-corrected chi connectivity index (χ0v) is 10.8. The lowest BCUT2D eigenvalue weighted by atomic mass is 10.1. The molecular formula is C12H11N5O4. The maximum absolute atomic E-state index is 12.5. The molecule has 21 heavy (non-hydrogen) atoms. The summed E-state index contributed by atoms with van der Waals surface area (Å²) < 4.78 is 1.82. The number of aromatic nitrogens is 3. The Hall–Kier alpha value is -2.97. The summed E-state index contributed by atoms with van der Waals surface area (Å²) in [5.41, 5.74) is -0.460. The van der Waals surface area contributed by atoms with Crippen molar-refractivity contribution in [3.05, 3.63) is 46.0 Å². The summed E-state index contributed by atoms with van der Waals surface area (Å²) in [6.07, 6.45) is 1.58. The molecular weight excluding hydrogens is 278 g/mol. The first kappa shape index (κ1) is 13.0. The molecule has 0 atom stereocenters. The molecule has 1 aliphatic heterocycles. The van der Waals surface area contributed by atoms with E-state index in [2.05, 4.69) is 10.2 Å². The highest BCUT2D eigenvalue weighted by molar-refractivity contribution is 5.98. The molecule has 0 fully saturated rings. The minimum atomic E-state index is -0.640. The minimum absolute atomic E-state index is 0.132. The number of phenols is 1. The third-order valence-electron chi connectivity index (χ3n) is 3.33. The van der Waals surface area contributed by atoms with E-state index >= 15 is 0 Å². The van der Waals surface area contributed by atoms with E-state index in [1.165, 1.54) is 11.0 Å². The van der Waals surface area contributed by atoms with Gasteiger partial charge in [0.25, 0.3) is 11.6 Å². The van der Waals surface area contributed by atoms with Gasteiger partial charge in [0, 0.05) is 19.2 Å². The number of rotatable bonds is 2. The van der Waals surface area contributed by atoms with Crippen LogP contribution in [0.2, 0.25) is 0 Å². The van der Waals surface area contributed by atoms with Crippen molar-refractivity contribution in [2.75, 3.05) is 6.54 Å². The smallest absolute Gasteiger partial charge is 0.282 e. The fourth-order valence-corrected chi connectivity index (χ4v) is 2.26. The third-order valence-corrected chi connectivity index (χ3v) is 3.33. The topological polar surface area (TPSA) is 114 Å². The van der Waals surface area contributed by atoms with Gasteiger partial charge in [-0.15, -0.1) is 10.2 Å². The molecule has 108 valence electrons. The number of benzene rings is 1. The van der Waals surface area contributed by atoms with Crippen molar-refractivity contribution in [2.24, 2.45) is 0 Å².